The second-order valence-corrected chi connectivity index (χ2v) is 8.57. The Morgan fingerprint density at radius 1 is 1.26 bits per heavy atom. The average molecular weight is 463 g/mol. The number of carbonyl (C=O) groups excluding carboxylic acids is 1. The molecule has 0 saturated carbocycles. The molecule has 3 rings (SSSR count). The minimum absolute atomic E-state index is 0.0154. The molecule has 1 N–H and O–H groups in total. The number of benzene rings is 1. The van der Waals surface area contributed by atoms with Gasteiger partial charge >= 0.3 is 6.18 Å². The van der Waals surface area contributed by atoms with Crippen LogP contribution in [0.15, 0.2) is 40.7 Å². The molecular weight excluding hydrogens is 445 g/mol. The maximum absolute atomic E-state index is 13.2. The molecule has 2 heterocycles. The number of thiazole rings is 1. The van der Waals surface area contributed by atoms with Crippen LogP contribution in [-0.4, -0.2) is 15.9 Å². The van der Waals surface area contributed by atoms with Crippen molar-refractivity contribution < 1.29 is 18.0 Å². The van der Waals surface area contributed by atoms with Gasteiger partial charge in [-0.1, -0.05) is 30.0 Å². The fourth-order valence-corrected chi connectivity index (χ4v) is 4.60. The van der Waals surface area contributed by atoms with Gasteiger partial charge in [0, 0.05) is 22.5 Å². The normalized spacial score (nSPS) is 11.2. The second kappa shape index (κ2) is 9.49. The number of nitrogens with one attached hydrogen (secondary N) is 1. The molecule has 0 aliphatic rings. The molecule has 0 fully saturated rings. The Morgan fingerprint density at radius 2 is 2.00 bits per heavy atom. The number of anilines is 1. The van der Waals surface area contributed by atoms with Gasteiger partial charge in [0.15, 0.2) is 0 Å². The number of rotatable bonds is 6. The molecule has 3 aromatic rings. The molecular formula is C21H17F3N4OS2. The van der Waals surface area contributed by atoms with E-state index in [2.05, 4.69) is 15.3 Å². The van der Waals surface area contributed by atoms with E-state index in [-0.39, 0.29) is 28.8 Å². The molecule has 0 radical (unpaired) electrons. The van der Waals surface area contributed by atoms with Crippen molar-refractivity contribution in [3.8, 4) is 6.07 Å². The van der Waals surface area contributed by atoms with E-state index >= 15 is 0 Å². The highest BCUT2D eigenvalue weighted by Gasteiger charge is 2.35. The lowest BCUT2D eigenvalue weighted by atomic mass is 10.1. The van der Waals surface area contributed by atoms with E-state index in [9.17, 15) is 23.2 Å². The molecule has 5 nitrogen and oxygen atoms in total. The first-order valence-corrected chi connectivity index (χ1v) is 10.9. The van der Waals surface area contributed by atoms with Crippen LogP contribution in [0.5, 0.6) is 0 Å². The van der Waals surface area contributed by atoms with E-state index in [0.29, 0.717) is 10.7 Å². The number of pyridine rings is 1. The van der Waals surface area contributed by atoms with Crippen LogP contribution in [0.4, 0.5) is 18.9 Å². The van der Waals surface area contributed by atoms with Crippen molar-refractivity contribution in [3.05, 3.63) is 68.8 Å². The van der Waals surface area contributed by atoms with Gasteiger partial charge in [0.2, 0.25) is 5.91 Å². The number of para-hydroxylation sites is 1. The molecule has 0 saturated heterocycles. The fourth-order valence-electron chi connectivity index (χ4n) is 2.76. The standard InChI is InChI=1S/C21H17F3N4OS2/c1-12-5-3-4-6-17(12)28-18(29)8-19-27-14(10-30-19)11-31-20-15(9-25)16(21(22,23)24)7-13(2)26-20/h3-7,10H,8,11H2,1-2H3,(H,28,29). The number of nitriles is 1. The summed E-state index contributed by atoms with van der Waals surface area (Å²) in [5.74, 6) is 0.0306. The zero-order chi connectivity index (χ0) is 22.6. The van der Waals surface area contributed by atoms with Gasteiger partial charge in [0.05, 0.1) is 23.2 Å². The van der Waals surface area contributed by atoms with Crippen molar-refractivity contribution in [2.24, 2.45) is 0 Å². The fraction of sp³-hybridized carbons (Fsp3) is 0.238. The van der Waals surface area contributed by atoms with Crippen molar-refractivity contribution in [2.45, 2.75) is 37.2 Å². The van der Waals surface area contributed by atoms with Gasteiger partial charge in [-0.3, -0.25) is 4.79 Å². The lowest BCUT2D eigenvalue weighted by Crippen LogP contribution is -2.15. The lowest BCUT2D eigenvalue weighted by molar-refractivity contribution is -0.138. The molecule has 10 heteroatoms. The van der Waals surface area contributed by atoms with Crippen molar-refractivity contribution in [1.29, 1.82) is 5.26 Å². The van der Waals surface area contributed by atoms with E-state index in [1.54, 1.807) is 11.4 Å². The minimum atomic E-state index is -4.63. The minimum Gasteiger partial charge on any atom is -0.325 e. The zero-order valence-corrected chi connectivity index (χ0v) is 18.2. The summed E-state index contributed by atoms with van der Waals surface area (Å²) in [6.45, 7) is 3.35. The molecule has 0 aliphatic heterocycles. The van der Waals surface area contributed by atoms with Gasteiger partial charge in [0.1, 0.15) is 16.1 Å². The topological polar surface area (TPSA) is 78.7 Å². The highest BCUT2D eigenvalue weighted by atomic mass is 32.2. The lowest BCUT2D eigenvalue weighted by Gasteiger charge is -2.12. The maximum atomic E-state index is 13.2. The van der Waals surface area contributed by atoms with Crippen molar-refractivity contribution in [1.82, 2.24) is 9.97 Å². The molecule has 0 bridgehead atoms. The first kappa shape index (κ1) is 22.8. The third-order valence-electron chi connectivity index (χ3n) is 4.22. The summed E-state index contributed by atoms with van der Waals surface area (Å²) in [4.78, 5) is 20.8. The van der Waals surface area contributed by atoms with Crippen molar-refractivity contribution in [2.75, 3.05) is 5.32 Å². The van der Waals surface area contributed by atoms with Gasteiger partial charge in [0.25, 0.3) is 0 Å². The van der Waals surface area contributed by atoms with Crippen LogP contribution in [0, 0.1) is 25.2 Å². The zero-order valence-electron chi connectivity index (χ0n) is 16.6. The summed E-state index contributed by atoms with van der Waals surface area (Å²) in [6, 6.07) is 9.92. The van der Waals surface area contributed by atoms with Gasteiger partial charge in [-0.15, -0.1) is 11.3 Å². The molecule has 2 aromatic heterocycles. The summed E-state index contributed by atoms with van der Waals surface area (Å²) < 4.78 is 39.7. The van der Waals surface area contributed by atoms with Gasteiger partial charge in [-0.25, -0.2) is 9.97 Å². The van der Waals surface area contributed by atoms with Crippen LogP contribution in [0.25, 0.3) is 0 Å². The second-order valence-electron chi connectivity index (χ2n) is 6.66. The number of amides is 1. The number of aromatic nitrogens is 2. The number of halogens is 3. The van der Waals surface area contributed by atoms with E-state index in [1.807, 2.05) is 31.2 Å². The summed E-state index contributed by atoms with van der Waals surface area (Å²) in [7, 11) is 0. The van der Waals surface area contributed by atoms with E-state index < -0.39 is 17.3 Å². The summed E-state index contributed by atoms with van der Waals surface area (Å²) in [5, 5.41) is 14.4. The summed E-state index contributed by atoms with van der Waals surface area (Å²) in [6.07, 6.45) is -4.54. The third-order valence-corrected chi connectivity index (χ3v) is 6.13. The Bertz CT molecular complexity index is 1150. The van der Waals surface area contributed by atoms with E-state index in [0.717, 1.165) is 29.1 Å². The van der Waals surface area contributed by atoms with Crippen LogP contribution in [-0.2, 0) is 23.1 Å². The predicted octanol–water partition coefficient (Wildman–Crippen LogP) is 5.52. The number of alkyl halides is 3. The van der Waals surface area contributed by atoms with Crippen molar-refractivity contribution in [3.63, 3.8) is 0 Å². The largest absolute Gasteiger partial charge is 0.417 e. The molecule has 0 spiro atoms. The van der Waals surface area contributed by atoms with Crippen LogP contribution >= 0.6 is 23.1 Å². The van der Waals surface area contributed by atoms with Gasteiger partial charge in [-0.2, -0.15) is 18.4 Å². The monoisotopic (exact) mass is 462 g/mol. The Labute approximate surface area is 185 Å². The van der Waals surface area contributed by atoms with Crippen LogP contribution < -0.4 is 5.32 Å². The van der Waals surface area contributed by atoms with E-state index in [4.69, 9.17) is 0 Å². The quantitative estimate of drug-likeness (QED) is 0.488. The SMILES string of the molecule is Cc1cc(C(F)(F)F)c(C#N)c(SCc2csc(CC(=O)Nc3ccccc3C)n2)n1. The number of aryl methyl sites for hydroxylation is 2. The Balaban J connectivity index is 1.67. The smallest absolute Gasteiger partial charge is 0.325 e. The third kappa shape index (κ3) is 5.83. The predicted molar refractivity (Wildman–Crippen MR) is 114 cm³/mol. The van der Waals surface area contributed by atoms with E-state index in [1.165, 1.54) is 18.3 Å². The number of nitrogens with zero attached hydrogens (tertiary/aromatic N) is 3. The number of hydrogen-bond acceptors (Lipinski definition) is 6. The average Bonchev–Trinajstić information content (AvgIpc) is 3.14. The van der Waals surface area contributed by atoms with Crippen molar-refractivity contribution >= 4 is 34.7 Å². The van der Waals surface area contributed by atoms with Crippen LogP contribution in [0.2, 0.25) is 0 Å². The Morgan fingerprint density at radius 3 is 2.68 bits per heavy atom. The highest BCUT2D eigenvalue weighted by molar-refractivity contribution is 7.98. The first-order chi connectivity index (χ1) is 14.7. The van der Waals surface area contributed by atoms with Gasteiger partial charge in [-0.05, 0) is 31.5 Å². The molecule has 1 aromatic carbocycles. The molecule has 0 aliphatic carbocycles. The molecule has 1 amide bonds. The van der Waals surface area contributed by atoms with Crippen LogP contribution in [0.3, 0.4) is 0 Å². The molecule has 0 unspecified atom stereocenters. The van der Waals surface area contributed by atoms with Crippen LogP contribution in [0.1, 0.15) is 33.1 Å². The molecule has 31 heavy (non-hydrogen) atoms. The summed E-state index contributed by atoms with van der Waals surface area (Å²) in [5.41, 5.74) is 0.988. The van der Waals surface area contributed by atoms with Gasteiger partial charge < -0.3 is 5.32 Å². The maximum Gasteiger partial charge on any atom is 0.417 e. The number of hydrogen-bond donors (Lipinski definition) is 1. The molecule has 0 atom stereocenters. The first-order valence-electron chi connectivity index (χ1n) is 9.08. The Hall–Kier alpha value is -2.90. The summed E-state index contributed by atoms with van der Waals surface area (Å²) >= 11 is 2.31. The Kier molecular flexibility index (Phi) is 6.97. The highest BCUT2D eigenvalue weighted by Crippen LogP contribution is 2.36. The molecule has 160 valence electrons. The number of carbonyl (C=O) groups is 1. The number of thioether (sulfide) groups is 1.